The maximum Gasteiger partial charge on any atom is 0.335 e. The van der Waals surface area contributed by atoms with E-state index in [-0.39, 0.29) is 22.9 Å². The van der Waals surface area contributed by atoms with E-state index in [1.54, 1.807) is 0 Å². The van der Waals surface area contributed by atoms with E-state index >= 15 is 0 Å². The standard InChI is InChI=1S/C13H18N2O4/c1-7(2)5-9(14)12(17)15-10-6-8(13(18)19)3-4-11(10)16/h3-4,6-7,9,16H,5,14H2,1-2H3,(H,15,17)(H,18,19)/t9-/m0/s1. The number of carbonyl (C=O) groups excluding carboxylic acids is 1. The average Bonchev–Trinajstić information content (AvgIpc) is 2.30. The van der Waals surface area contributed by atoms with Crippen molar-refractivity contribution in [2.45, 2.75) is 26.3 Å². The molecule has 19 heavy (non-hydrogen) atoms. The van der Waals surface area contributed by atoms with E-state index in [0.717, 1.165) is 0 Å². The smallest absolute Gasteiger partial charge is 0.335 e. The number of carboxylic acids is 1. The summed E-state index contributed by atoms with van der Waals surface area (Å²) in [5.74, 6) is -1.52. The van der Waals surface area contributed by atoms with Crippen LogP contribution in [0.1, 0.15) is 30.6 Å². The first kappa shape index (κ1) is 15.0. The summed E-state index contributed by atoms with van der Waals surface area (Å²) in [5.41, 5.74) is 5.73. The van der Waals surface area contributed by atoms with Crippen LogP contribution in [0.2, 0.25) is 0 Å². The van der Waals surface area contributed by atoms with E-state index in [0.29, 0.717) is 6.42 Å². The summed E-state index contributed by atoms with van der Waals surface area (Å²) in [4.78, 5) is 22.6. The number of carbonyl (C=O) groups is 2. The number of benzene rings is 1. The van der Waals surface area contributed by atoms with Gasteiger partial charge in [0.25, 0.3) is 0 Å². The lowest BCUT2D eigenvalue weighted by Crippen LogP contribution is -2.36. The lowest BCUT2D eigenvalue weighted by molar-refractivity contribution is -0.117. The molecule has 0 heterocycles. The normalized spacial score (nSPS) is 12.2. The number of amides is 1. The van der Waals surface area contributed by atoms with Crippen LogP contribution in [0.5, 0.6) is 5.75 Å². The molecule has 5 N–H and O–H groups in total. The summed E-state index contributed by atoms with van der Waals surface area (Å²) in [6.07, 6.45) is 0.505. The molecular formula is C13H18N2O4. The van der Waals surface area contributed by atoms with Gasteiger partial charge in [-0.1, -0.05) is 13.8 Å². The number of aromatic carboxylic acids is 1. The molecule has 6 nitrogen and oxygen atoms in total. The summed E-state index contributed by atoms with van der Waals surface area (Å²) in [6.45, 7) is 3.88. The van der Waals surface area contributed by atoms with Crippen molar-refractivity contribution in [3.63, 3.8) is 0 Å². The Morgan fingerprint density at radius 2 is 2.00 bits per heavy atom. The third-order valence-corrected chi connectivity index (χ3v) is 2.56. The number of hydrogen-bond donors (Lipinski definition) is 4. The summed E-state index contributed by atoms with van der Waals surface area (Å²) in [5, 5.41) is 20.9. The van der Waals surface area contributed by atoms with E-state index in [2.05, 4.69) is 5.32 Å². The van der Waals surface area contributed by atoms with Crippen LogP contribution in [-0.4, -0.2) is 28.1 Å². The Morgan fingerprint density at radius 3 is 2.53 bits per heavy atom. The fourth-order valence-electron chi connectivity index (χ4n) is 1.61. The molecule has 1 amide bonds. The van der Waals surface area contributed by atoms with E-state index in [9.17, 15) is 14.7 Å². The molecule has 1 aromatic rings. The lowest BCUT2D eigenvalue weighted by Gasteiger charge is -2.15. The van der Waals surface area contributed by atoms with Crippen LogP contribution >= 0.6 is 0 Å². The first-order valence-corrected chi connectivity index (χ1v) is 5.94. The van der Waals surface area contributed by atoms with Gasteiger partial charge < -0.3 is 21.3 Å². The Bertz CT molecular complexity index is 486. The predicted molar refractivity (Wildman–Crippen MR) is 71.1 cm³/mol. The SMILES string of the molecule is CC(C)C[C@H](N)C(=O)Nc1cc(C(=O)O)ccc1O. The number of hydrogen-bond acceptors (Lipinski definition) is 4. The molecule has 0 spiro atoms. The van der Waals surface area contributed by atoms with E-state index in [1.807, 2.05) is 13.8 Å². The average molecular weight is 266 g/mol. The van der Waals surface area contributed by atoms with Gasteiger partial charge in [0, 0.05) is 0 Å². The number of aromatic hydroxyl groups is 1. The van der Waals surface area contributed by atoms with E-state index in [4.69, 9.17) is 10.8 Å². The van der Waals surface area contributed by atoms with Gasteiger partial charge in [-0.05, 0) is 30.5 Å². The van der Waals surface area contributed by atoms with Crippen molar-refractivity contribution < 1.29 is 19.8 Å². The van der Waals surface area contributed by atoms with Gasteiger partial charge in [-0.3, -0.25) is 4.79 Å². The number of nitrogens with two attached hydrogens (primary N) is 1. The number of carboxylic acid groups (broad SMARTS) is 1. The van der Waals surface area contributed by atoms with Gasteiger partial charge in [-0.15, -0.1) is 0 Å². The van der Waals surface area contributed by atoms with Gasteiger partial charge in [0.2, 0.25) is 5.91 Å². The zero-order valence-corrected chi connectivity index (χ0v) is 10.9. The number of phenols is 1. The van der Waals surface area contributed by atoms with Gasteiger partial charge in [-0.25, -0.2) is 4.79 Å². The highest BCUT2D eigenvalue weighted by Gasteiger charge is 2.17. The highest BCUT2D eigenvalue weighted by Crippen LogP contribution is 2.24. The van der Waals surface area contributed by atoms with Crippen LogP contribution in [0.15, 0.2) is 18.2 Å². The highest BCUT2D eigenvalue weighted by atomic mass is 16.4. The molecule has 0 fully saturated rings. The maximum absolute atomic E-state index is 11.8. The molecule has 0 saturated carbocycles. The fourth-order valence-corrected chi connectivity index (χ4v) is 1.61. The largest absolute Gasteiger partial charge is 0.506 e. The number of rotatable bonds is 5. The summed E-state index contributed by atoms with van der Waals surface area (Å²) in [6, 6.07) is 2.96. The minimum Gasteiger partial charge on any atom is -0.506 e. The Hall–Kier alpha value is -2.08. The molecule has 1 aromatic carbocycles. The van der Waals surface area contributed by atoms with Gasteiger partial charge in [0.1, 0.15) is 5.75 Å². The van der Waals surface area contributed by atoms with Crippen LogP contribution in [0.3, 0.4) is 0 Å². The molecule has 1 rings (SSSR count). The predicted octanol–water partition coefficient (Wildman–Crippen LogP) is 1.40. The van der Waals surface area contributed by atoms with Crippen LogP contribution in [0.25, 0.3) is 0 Å². The lowest BCUT2D eigenvalue weighted by atomic mass is 10.0. The van der Waals surface area contributed by atoms with Crippen LogP contribution in [0, 0.1) is 5.92 Å². The van der Waals surface area contributed by atoms with E-state index in [1.165, 1.54) is 18.2 Å². The Labute approximate surface area is 111 Å². The number of nitrogens with one attached hydrogen (secondary N) is 1. The van der Waals surface area contributed by atoms with Gasteiger partial charge in [-0.2, -0.15) is 0 Å². The Kier molecular flexibility index (Phi) is 4.88. The van der Waals surface area contributed by atoms with Crippen LogP contribution in [0.4, 0.5) is 5.69 Å². The third-order valence-electron chi connectivity index (χ3n) is 2.56. The molecule has 0 aliphatic rings. The Morgan fingerprint density at radius 1 is 1.37 bits per heavy atom. The molecule has 0 aliphatic heterocycles. The van der Waals surface area contributed by atoms with Gasteiger partial charge in [0.15, 0.2) is 0 Å². The molecule has 0 saturated heterocycles. The quantitative estimate of drug-likeness (QED) is 0.602. The molecule has 1 atom stereocenters. The molecule has 0 radical (unpaired) electrons. The molecule has 104 valence electrons. The second-order valence-electron chi connectivity index (χ2n) is 4.76. The van der Waals surface area contributed by atoms with Crippen molar-refractivity contribution in [3.8, 4) is 5.75 Å². The molecular weight excluding hydrogens is 248 g/mol. The van der Waals surface area contributed by atoms with Crippen molar-refractivity contribution >= 4 is 17.6 Å². The molecule has 6 heteroatoms. The highest BCUT2D eigenvalue weighted by molar-refractivity contribution is 5.97. The van der Waals surface area contributed by atoms with Gasteiger partial charge >= 0.3 is 5.97 Å². The first-order chi connectivity index (χ1) is 8.81. The summed E-state index contributed by atoms with van der Waals surface area (Å²) >= 11 is 0. The monoisotopic (exact) mass is 266 g/mol. The number of anilines is 1. The zero-order chi connectivity index (χ0) is 14.6. The number of phenolic OH excluding ortho intramolecular Hbond substituents is 1. The summed E-state index contributed by atoms with van der Waals surface area (Å²) in [7, 11) is 0. The van der Waals surface area contributed by atoms with Crippen molar-refractivity contribution in [3.05, 3.63) is 23.8 Å². The van der Waals surface area contributed by atoms with Crippen LogP contribution < -0.4 is 11.1 Å². The second kappa shape index (κ2) is 6.19. The van der Waals surface area contributed by atoms with Gasteiger partial charge in [0.05, 0.1) is 17.3 Å². The Balaban J connectivity index is 2.84. The van der Waals surface area contributed by atoms with Crippen molar-refractivity contribution in [2.75, 3.05) is 5.32 Å². The second-order valence-corrected chi connectivity index (χ2v) is 4.76. The topological polar surface area (TPSA) is 113 Å². The van der Waals surface area contributed by atoms with Crippen LogP contribution in [-0.2, 0) is 4.79 Å². The minimum atomic E-state index is -1.14. The third kappa shape index (κ3) is 4.26. The van der Waals surface area contributed by atoms with Crippen molar-refractivity contribution in [2.24, 2.45) is 11.7 Å². The fraction of sp³-hybridized carbons (Fsp3) is 0.385. The van der Waals surface area contributed by atoms with E-state index < -0.39 is 17.9 Å². The summed E-state index contributed by atoms with van der Waals surface area (Å²) < 4.78 is 0. The molecule has 0 aliphatic carbocycles. The minimum absolute atomic E-state index is 0.0227. The van der Waals surface area contributed by atoms with Crippen molar-refractivity contribution in [1.82, 2.24) is 0 Å². The maximum atomic E-state index is 11.8. The molecule has 0 aromatic heterocycles. The van der Waals surface area contributed by atoms with Crippen molar-refractivity contribution in [1.29, 1.82) is 0 Å². The first-order valence-electron chi connectivity index (χ1n) is 5.94. The zero-order valence-electron chi connectivity index (χ0n) is 10.9. The molecule has 0 bridgehead atoms. The molecule has 0 unspecified atom stereocenters.